The Morgan fingerprint density at radius 3 is 2.45 bits per heavy atom. The Kier molecular flexibility index (Phi) is 15.7. The van der Waals surface area contributed by atoms with E-state index in [2.05, 4.69) is 22.7 Å². The van der Waals surface area contributed by atoms with Crippen LogP contribution in [0.15, 0.2) is 76.1 Å². The number of benzene rings is 3. The van der Waals surface area contributed by atoms with Crippen LogP contribution < -0.4 is 20.1 Å². The van der Waals surface area contributed by atoms with Gasteiger partial charge in [0.05, 0.1) is 44.3 Å². The minimum absolute atomic E-state index is 0.0185. The van der Waals surface area contributed by atoms with Gasteiger partial charge in [0.2, 0.25) is 15.9 Å². The summed E-state index contributed by atoms with van der Waals surface area (Å²) in [5.74, 6) is 0.893. The predicted octanol–water partition coefficient (Wildman–Crippen LogP) is 7.98. The standard InChI is InChI=1S/C43H56FN5O8S/c1-29-25-49(30(2)27-55-28-33-12-17-38(54-6)18-13-33)41(50)24-35-23-37(45-43(51)46-42-31(3)47-57-32(42)4)16-21-40(35)56-22-10-8-7-9-11-34(29)26-48(5)58(52,53)39-19-14-36(44)15-20-39/h12-21,23,29-30,34H,7-11,22,24-28H2,1-6H3,(H2,45,46,51)/t29-,30+,34+/m1/s1. The Bertz CT molecular complexity index is 2060. The number of ether oxygens (including phenoxy) is 3. The molecule has 4 aromatic rings. The number of anilines is 2. The van der Waals surface area contributed by atoms with Crippen LogP contribution in [0.3, 0.4) is 0 Å². The van der Waals surface area contributed by atoms with Crippen LogP contribution in [-0.4, -0.2) is 81.2 Å². The summed E-state index contributed by atoms with van der Waals surface area (Å²) in [5.41, 5.74) is 3.07. The highest BCUT2D eigenvalue weighted by Gasteiger charge is 2.31. The zero-order valence-corrected chi connectivity index (χ0v) is 35.1. The van der Waals surface area contributed by atoms with Gasteiger partial charge in [-0.3, -0.25) is 4.79 Å². The molecule has 1 aromatic heterocycles. The molecular weight excluding hydrogens is 766 g/mol. The molecule has 3 aromatic carbocycles. The molecule has 0 saturated carbocycles. The number of nitrogens with zero attached hydrogens (tertiary/aromatic N) is 3. The summed E-state index contributed by atoms with van der Waals surface area (Å²) in [6, 6.07) is 16.9. The second-order valence-corrected chi connectivity index (χ2v) is 17.1. The second-order valence-electron chi connectivity index (χ2n) is 15.1. The lowest BCUT2D eigenvalue weighted by molar-refractivity contribution is -0.135. The van der Waals surface area contributed by atoms with E-state index >= 15 is 0 Å². The number of halogens is 1. The molecule has 5 rings (SSSR count). The van der Waals surface area contributed by atoms with Crippen molar-refractivity contribution in [3.05, 3.63) is 95.1 Å². The van der Waals surface area contributed by atoms with E-state index in [1.54, 1.807) is 46.2 Å². The lowest BCUT2D eigenvalue weighted by atomic mass is 9.87. The second kappa shape index (κ2) is 20.6. The van der Waals surface area contributed by atoms with E-state index in [1.807, 2.05) is 36.1 Å². The summed E-state index contributed by atoms with van der Waals surface area (Å²) in [6.07, 6.45) is 4.23. The van der Waals surface area contributed by atoms with Crippen LogP contribution in [0.5, 0.6) is 11.5 Å². The molecule has 0 aliphatic carbocycles. The van der Waals surface area contributed by atoms with Crippen LogP contribution >= 0.6 is 0 Å². The SMILES string of the molecule is COc1ccc(COC[C@H](C)N2C[C@@H](C)[C@H](CN(C)S(=O)(=O)c3ccc(F)cc3)CCCCCCOc3ccc(NC(=O)Nc4c(C)noc4C)cc3CC2=O)cc1. The van der Waals surface area contributed by atoms with Gasteiger partial charge in [-0.15, -0.1) is 0 Å². The van der Waals surface area contributed by atoms with Crippen molar-refractivity contribution in [2.45, 2.75) is 83.8 Å². The van der Waals surface area contributed by atoms with Gasteiger partial charge in [-0.05, 0) is 106 Å². The van der Waals surface area contributed by atoms with Crippen LogP contribution in [-0.2, 0) is 32.6 Å². The fraction of sp³-hybridized carbons (Fsp3) is 0.465. The fourth-order valence-electron chi connectivity index (χ4n) is 7.10. The Hall–Kier alpha value is -4.99. The van der Waals surface area contributed by atoms with E-state index in [0.29, 0.717) is 53.9 Å². The number of hydrogen-bond donors (Lipinski definition) is 2. The number of urea groups is 1. The van der Waals surface area contributed by atoms with Crippen LogP contribution in [0.25, 0.3) is 0 Å². The molecule has 314 valence electrons. The van der Waals surface area contributed by atoms with Gasteiger partial charge in [-0.2, -0.15) is 0 Å². The minimum Gasteiger partial charge on any atom is -0.497 e. The first-order chi connectivity index (χ1) is 27.7. The highest BCUT2D eigenvalue weighted by atomic mass is 32.2. The molecule has 0 bridgehead atoms. The van der Waals surface area contributed by atoms with Crippen molar-refractivity contribution in [1.29, 1.82) is 0 Å². The number of aryl methyl sites for hydroxylation is 2. The summed E-state index contributed by atoms with van der Waals surface area (Å²) < 4.78 is 65.1. The number of sulfonamides is 1. The van der Waals surface area contributed by atoms with Gasteiger partial charge in [-0.1, -0.05) is 43.5 Å². The van der Waals surface area contributed by atoms with Gasteiger partial charge >= 0.3 is 6.03 Å². The van der Waals surface area contributed by atoms with Crippen molar-refractivity contribution >= 4 is 33.3 Å². The molecule has 1 aliphatic heterocycles. The number of fused-ring (bicyclic) bond motifs is 1. The first kappa shape index (κ1) is 44.1. The molecule has 2 N–H and O–H groups in total. The number of carbonyl (C=O) groups is 2. The lowest BCUT2D eigenvalue weighted by Crippen LogP contribution is -2.46. The van der Waals surface area contributed by atoms with Crippen LogP contribution in [0.1, 0.15) is 68.5 Å². The number of amides is 3. The Labute approximate surface area is 341 Å². The van der Waals surface area contributed by atoms with Crippen molar-refractivity contribution in [2.24, 2.45) is 11.8 Å². The Balaban J connectivity index is 1.39. The zero-order valence-electron chi connectivity index (χ0n) is 34.3. The molecule has 58 heavy (non-hydrogen) atoms. The normalized spacial score (nSPS) is 17.7. The van der Waals surface area contributed by atoms with E-state index < -0.39 is 21.9 Å². The fourth-order valence-corrected chi connectivity index (χ4v) is 8.33. The topological polar surface area (TPSA) is 153 Å². The van der Waals surface area contributed by atoms with E-state index in [1.165, 1.54) is 16.4 Å². The summed E-state index contributed by atoms with van der Waals surface area (Å²) in [6.45, 7) is 9.04. The molecule has 0 spiro atoms. The minimum atomic E-state index is -3.89. The summed E-state index contributed by atoms with van der Waals surface area (Å²) in [7, 11) is -0.732. The van der Waals surface area contributed by atoms with Gasteiger partial charge in [0.15, 0.2) is 5.76 Å². The summed E-state index contributed by atoms with van der Waals surface area (Å²) in [4.78, 5) is 29.4. The number of aromatic nitrogens is 1. The third-order valence-electron chi connectivity index (χ3n) is 10.6. The highest BCUT2D eigenvalue weighted by molar-refractivity contribution is 7.89. The third kappa shape index (κ3) is 12.0. The molecular formula is C43H56FN5O8S. The van der Waals surface area contributed by atoms with Gasteiger partial charge in [0, 0.05) is 31.4 Å². The molecule has 0 fully saturated rings. The van der Waals surface area contributed by atoms with Crippen LogP contribution in [0.2, 0.25) is 0 Å². The molecule has 3 atom stereocenters. The van der Waals surface area contributed by atoms with E-state index in [9.17, 15) is 22.4 Å². The van der Waals surface area contributed by atoms with Gasteiger partial charge in [0.1, 0.15) is 28.7 Å². The van der Waals surface area contributed by atoms with Crippen LogP contribution in [0, 0.1) is 31.5 Å². The maximum Gasteiger partial charge on any atom is 0.323 e. The van der Waals surface area contributed by atoms with Gasteiger partial charge < -0.3 is 34.3 Å². The molecule has 1 aliphatic rings. The zero-order chi connectivity index (χ0) is 41.8. The summed E-state index contributed by atoms with van der Waals surface area (Å²) >= 11 is 0. The first-order valence-corrected chi connectivity index (χ1v) is 21.2. The number of hydrogen-bond acceptors (Lipinski definition) is 9. The van der Waals surface area contributed by atoms with Crippen molar-refractivity contribution in [3.63, 3.8) is 0 Å². The largest absolute Gasteiger partial charge is 0.497 e. The Morgan fingerprint density at radius 2 is 1.76 bits per heavy atom. The smallest absolute Gasteiger partial charge is 0.323 e. The highest BCUT2D eigenvalue weighted by Crippen LogP contribution is 2.29. The molecule has 2 heterocycles. The van der Waals surface area contributed by atoms with Crippen molar-refractivity contribution < 1.29 is 41.1 Å². The quantitative estimate of drug-likeness (QED) is 0.145. The number of methoxy groups -OCH3 is 1. The van der Waals surface area contributed by atoms with Crippen LogP contribution in [0.4, 0.5) is 20.6 Å². The molecule has 13 nitrogen and oxygen atoms in total. The summed E-state index contributed by atoms with van der Waals surface area (Å²) in [5, 5.41) is 9.53. The predicted molar refractivity (Wildman–Crippen MR) is 220 cm³/mol. The maximum atomic E-state index is 14.6. The maximum absolute atomic E-state index is 14.6. The average molecular weight is 822 g/mol. The van der Waals surface area contributed by atoms with Gasteiger partial charge in [0.25, 0.3) is 0 Å². The number of rotatable bonds is 12. The van der Waals surface area contributed by atoms with Gasteiger partial charge in [-0.25, -0.2) is 21.9 Å². The first-order valence-electron chi connectivity index (χ1n) is 19.7. The number of carbonyl (C=O) groups excluding carboxylic acids is 2. The lowest BCUT2D eigenvalue weighted by Gasteiger charge is -2.36. The molecule has 3 amide bonds. The Morgan fingerprint density at radius 1 is 1.03 bits per heavy atom. The number of nitrogens with one attached hydrogen (secondary N) is 2. The van der Waals surface area contributed by atoms with E-state index in [-0.39, 0.29) is 48.3 Å². The van der Waals surface area contributed by atoms with Crippen molar-refractivity contribution in [1.82, 2.24) is 14.4 Å². The third-order valence-corrected chi connectivity index (χ3v) is 12.4. The van der Waals surface area contributed by atoms with Crippen molar-refractivity contribution in [3.8, 4) is 11.5 Å². The molecule has 0 saturated heterocycles. The van der Waals surface area contributed by atoms with E-state index in [0.717, 1.165) is 55.5 Å². The molecule has 15 heteroatoms. The van der Waals surface area contributed by atoms with Crippen molar-refractivity contribution in [2.75, 3.05) is 51.1 Å². The average Bonchev–Trinajstić information content (AvgIpc) is 3.51. The molecule has 0 unspecified atom stereocenters. The van der Waals surface area contributed by atoms with E-state index in [4.69, 9.17) is 18.7 Å². The molecule has 0 radical (unpaired) electrons. The monoisotopic (exact) mass is 821 g/mol.